The summed E-state index contributed by atoms with van der Waals surface area (Å²) in [4.78, 5) is 0. The molecular formula is C13H19BrO4. The number of benzene rings is 1. The van der Waals surface area contributed by atoms with Crippen LogP contribution in [0.1, 0.15) is 5.56 Å². The molecule has 0 N–H and O–H groups in total. The smallest absolute Gasteiger partial charge is 0.134 e. The average molecular weight is 319 g/mol. The predicted octanol–water partition coefficient (Wildman–Crippen LogP) is 2.81. The van der Waals surface area contributed by atoms with Crippen molar-refractivity contribution in [2.75, 3.05) is 40.6 Å². The molecule has 0 aromatic heterocycles. The van der Waals surface area contributed by atoms with Crippen LogP contribution in [-0.2, 0) is 9.47 Å². The lowest BCUT2D eigenvalue weighted by atomic mass is 10.2. The van der Waals surface area contributed by atoms with Crippen LogP contribution >= 0.6 is 15.9 Å². The summed E-state index contributed by atoms with van der Waals surface area (Å²) in [5, 5.41) is 0. The largest absolute Gasteiger partial charge is 0.491 e. The van der Waals surface area contributed by atoms with Crippen molar-refractivity contribution in [1.29, 1.82) is 0 Å². The van der Waals surface area contributed by atoms with Crippen LogP contribution in [0.3, 0.4) is 0 Å². The topological polar surface area (TPSA) is 36.9 Å². The fourth-order valence-corrected chi connectivity index (χ4v) is 1.81. The van der Waals surface area contributed by atoms with Crippen LogP contribution in [0.4, 0.5) is 0 Å². The second-order valence-electron chi connectivity index (χ2n) is 3.73. The van der Waals surface area contributed by atoms with Crippen molar-refractivity contribution in [1.82, 2.24) is 0 Å². The van der Waals surface area contributed by atoms with E-state index in [0.717, 1.165) is 21.5 Å². The highest BCUT2D eigenvalue weighted by Crippen LogP contribution is 2.32. The molecule has 0 saturated carbocycles. The molecule has 0 saturated heterocycles. The second kappa shape index (κ2) is 8.34. The lowest BCUT2D eigenvalue weighted by molar-refractivity contribution is 0.143. The normalized spacial score (nSPS) is 10.4. The molecule has 0 aliphatic carbocycles. The molecule has 0 aliphatic heterocycles. The van der Waals surface area contributed by atoms with E-state index in [1.165, 1.54) is 0 Å². The first-order chi connectivity index (χ1) is 8.69. The van der Waals surface area contributed by atoms with Crippen LogP contribution in [0, 0.1) is 6.92 Å². The Bertz CT molecular complexity index is 333. The highest BCUT2D eigenvalue weighted by atomic mass is 79.9. The first kappa shape index (κ1) is 15.3. The summed E-state index contributed by atoms with van der Waals surface area (Å²) in [6, 6.07) is 3.86. The van der Waals surface area contributed by atoms with E-state index in [1.54, 1.807) is 14.2 Å². The Labute approximate surface area is 116 Å². The first-order valence-corrected chi connectivity index (χ1v) is 6.52. The summed E-state index contributed by atoms with van der Waals surface area (Å²) in [5.74, 6) is 1.63. The molecule has 0 spiro atoms. The van der Waals surface area contributed by atoms with E-state index in [9.17, 15) is 0 Å². The van der Waals surface area contributed by atoms with Gasteiger partial charge in [-0.05, 0) is 40.5 Å². The van der Waals surface area contributed by atoms with Crippen molar-refractivity contribution in [3.8, 4) is 11.5 Å². The van der Waals surface area contributed by atoms with Crippen molar-refractivity contribution in [3.63, 3.8) is 0 Å². The van der Waals surface area contributed by atoms with Crippen molar-refractivity contribution in [2.45, 2.75) is 6.92 Å². The predicted molar refractivity (Wildman–Crippen MR) is 73.6 cm³/mol. The Hall–Kier alpha value is -0.780. The fraction of sp³-hybridized carbons (Fsp3) is 0.538. The van der Waals surface area contributed by atoms with E-state index in [1.807, 2.05) is 19.1 Å². The third kappa shape index (κ3) is 4.84. The number of halogens is 1. The van der Waals surface area contributed by atoms with Gasteiger partial charge in [0.25, 0.3) is 0 Å². The van der Waals surface area contributed by atoms with Crippen molar-refractivity contribution < 1.29 is 18.9 Å². The maximum Gasteiger partial charge on any atom is 0.134 e. The first-order valence-electron chi connectivity index (χ1n) is 5.72. The molecule has 5 heteroatoms. The Balaban J connectivity index is 2.64. The van der Waals surface area contributed by atoms with Gasteiger partial charge >= 0.3 is 0 Å². The highest BCUT2D eigenvalue weighted by molar-refractivity contribution is 9.10. The highest BCUT2D eigenvalue weighted by Gasteiger charge is 2.07. The Morgan fingerprint density at radius 1 is 0.889 bits per heavy atom. The zero-order valence-electron chi connectivity index (χ0n) is 11.0. The van der Waals surface area contributed by atoms with Gasteiger partial charge in [0, 0.05) is 14.2 Å². The minimum Gasteiger partial charge on any atom is -0.491 e. The molecule has 1 aromatic carbocycles. The van der Waals surface area contributed by atoms with E-state index in [2.05, 4.69) is 15.9 Å². The minimum absolute atomic E-state index is 0.526. The Morgan fingerprint density at radius 2 is 1.44 bits per heavy atom. The number of hydrogen-bond donors (Lipinski definition) is 0. The van der Waals surface area contributed by atoms with Crippen LogP contribution in [0.25, 0.3) is 0 Å². The number of rotatable bonds is 8. The molecule has 1 aromatic rings. The van der Waals surface area contributed by atoms with Crippen LogP contribution in [0.15, 0.2) is 16.6 Å². The monoisotopic (exact) mass is 318 g/mol. The lowest BCUT2D eigenvalue weighted by Crippen LogP contribution is -2.07. The summed E-state index contributed by atoms with van der Waals surface area (Å²) < 4.78 is 22.0. The average Bonchev–Trinajstić information content (AvgIpc) is 2.35. The second-order valence-corrected chi connectivity index (χ2v) is 4.58. The zero-order chi connectivity index (χ0) is 13.4. The van der Waals surface area contributed by atoms with Gasteiger partial charge in [-0.15, -0.1) is 0 Å². The fourth-order valence-electron chi connectivity index (χ4n) is 1.37. The molecule has 0 unspecified atom stereocenters. The van der Waals surface area contributed by atoms with E-state index in [4.69, 9.17) is 18.9 Å². The van der Waals surface area contributed by atoms with Crippen LogP contribution in [0.2, 0.25) is 0 Å². The molecule has 0 heterocycles. The molecule has 4 nitrogen and oxygen atoms in total. The van der Waals surface area contributed by atoms with Gasteiger partial charge in [0.2, 0.25) is 0 Å². The Morgan fingerprint density at radius 3 is 2.00 bits per heavy atom. The SMILES string of the molecule is COCCOc1cc(Br)c(OCCOC)cc1C. The van der Waals surface area contributed by atoms with E-state index >= 15 is 0 Å². The summed E-state index contributed by atoms with van der Waals surface area (Å²) >= 11 is 3.47. The summed E-state index contributed by atoms with van der Waals surface area (Å²) in [7, 11) is 3.30. The van der Waals surface area contributed by atoms with E-state index in [-0.39, 0.29) is 0 Å². The van der Waals surface area contributed by atoms with Crippen molar-refractivity contribution in [3.05, 3.63) is 22.2 Å². The summed E-state index contributed by atoms with van der Waals surface area (Å²) in [6.07, 6.45) is 0. The van der Waals surface area contributed by atoms with Crippen molar-refractivity contribution >= 4 is 15.9 Å². The quantitative estimate of drug-likeness (QED) is 0.691. The van der Waals surface area contributed by atoms with Gasteiger partial charge in [-0.3, -0.25) is 0 Å². The van der Waals surface area contributed by atoms with Crippen molar-refractivity contribution in [2.24, 2.45) is 0 Å². The standard InChI is InChI=1S/C13H19BrO4/c1-10-8-13(18-7-5-16-3)11(14)9-12(10)17-6-4-15-2/h8-9H,4-7H2,1-3H3. The summed E-state index contributed by atoms with van der Waals surface area (Å²) in [5.41, 5.74) is 1.03. The van der Waals surface area contributed by atoms with Gasteiger partial charge in [0.15, 0.2) is 0 Å². The third-order valence-corrected chi connectivity index (χ3v) is 2.94. The minimum atomic E-state index is 0.526. The molecule has 0 atom stereocenters. The van der Waals surface area contributed by atoms with Gasteiger partial charge in [-0.25, -0.2) is 0 Å². The molecule has 1 rings (SSSR count). The lowest BCUT2D eigenvalue weighted by Gasteiger charge is -2.13. The van der Waals surface area contributed by atoms with E-state index < -0.39 is 0 Å². The number of methoxy groups -OCH3 is 2. The number of hydrogen-bond acceptors (Lipinski definition) is 4. The van der Waals surface area contributed by atoms with Crippen LogP contribution in [-0.4, -0.2) is 40.6 Å². The molecule has 18 heavy (non-hydrogen) atoms. The van der Waals surface area contributed by atoms with E-state index in [0.29, 0.717) is 26.4 Å². The zero-order valence-corrected chi connectivity index (χ0v) is 12.6. The third-order valence-electron chi connectivity index (χ3n) is 2.32. The Kier molecular flexibility index (Phi) is 7.08. The molecule has 0 bridgehead atoms. The number of aryl methyl sites for hydroxylation is 1. The van der Waals surface area contributed by atoms with Gasteiger partial charge < -0.3 is 18.9 Å². The number of ether oxygens (including phenoxy) is 4. The molecule has 0 fully saturated rings. The van der Waals surface area contributed by atoms with Gasteiger partial charge in [0.05, 0.1) is 17.7 Å². The molecule has 0 amide bonds. The maximum atomic E-state index is 5.60. The van der Waals surface area contributed by atoms with Crippen LogP contribution < -0.4 is 9.47 Å². The molecule has 0 aliphatic rings. The van der Waals surface area contributed by atoms with Gasteiger partial charge in [-0.2, -0.15) is 0 Å². The maximum absolute atomic E-state index is 5.60. The summed E-state index contributed by atoms with van der Waals surface area (Å²) in [6.45, 7) is 4.19. The molecule has 102 valence electrons. The molecule has 0 radical (unpaired) electrons. The van der Waals surface area contributed by atoms with Gasteiger partial charge in [0.1, 0.15) is 24.7 Å². The molecular weight excluding hydrogens is 300 g/mol. The van der Waals surface area contributed by atoms with Gasteiger partial charge in [-0.1, -0.05) is 0 Å². The van der Waals surface area contributed by atoms with Crippen LogP contribution in [0.5, 0.6) is 11.5 Å².